The summed E-state index contributed by atoms with van der Waals surface area (Å²) >= 11 is 0. The van der Waals surface area contributed by atoms with Crippen molar-refractivity contribution in [2.75, 3.05) is 0 Å². The molecule has 168 valence electrons. The first-order chi connectivity index (χ1) is 13.3. The molecule has 2 amide bonds. The van der Waals surface area contributed by atoms with Gasteiger partial charge in [-0.3, -0.25) is 0 Å². The number of nitrogens with one attached hydrogen (secondary N) is 2. The molecule has 0 radical (unpaired) electrons. The smallest absolute Gasteiger partial charge is 1.00 e. The molecule has 0 aliphatic rings. The number of carbonyl (C=O) groups excluding carboxylic acids is 2. The van der Waals surface area contributed by atoms with Crippen LogP contribution in [0.2, 0.25) is 0 Å². The van der Waals surface area contributed by atoms with E-state index in [1.807, 2.05) is 38.1 Å². The first-order valence-corrected chi connectivity index (χ1v) is 10.0. The zero-order valence-corrected chi connectivity index (χ0v) is 24.4. The molecule has 0 aliphatic carbocycles. The van der Waals surface area contributed by atoms with E-state index in [2.05, 4.69) is 13.8 Å². The fraction of sp³-hybridized carbons (Fsp3) is 0.417. The van der Waals surface area contributed by atoms with Crippen LogP contribution in [0.5, 0.6) is 0 Å². The molecule has 0 spiro atoms. The Morgan fingerprint density at radius 3 is 1.29 bits per heavy atom. The third-order valence-corrected chi connectivity index (χ3v) is 4.61. The number of amides is 2. The van der Waals surface area contributed by atoms with Gasteiger partial charge in [0.05, 0.1) is 11.8 Å². The van der Waals surface area contributed by atoms with Crippen LogP contribution in [-0.2, 0) is 39.0 Å². The van der Waals surface area contributed by atoms with Gasteiger partial charge >= 0.3 is 26.2 Å². The fourth-order valence-corrected chi connectivity index (χ4v) is 3.04. The Hall–Kier alpha value is -0.777. The Morgan fingerprint density at radius 1 is 0.710 bits per heavy atom. The zero-order chi connectivity index (χ0) is 21.1. The molecule has 0 atom stereocenters. The number of aryl methyl sites for hydroxylation is 4. The van der Waals surface area contributed by atoms with Gasteiger partial charge in [0.2, 0.25) is 0 Å². The molecule has 7 heteroatoms. The topological polar surface area (TPSA) is 81.7 Å². The largest absolute Gasteiger partial charge is 4.00 e. The number of carbonyl (C=O) groups is 2. The molecular formula is C24H32Br2N2O2Zr. The molecule has 0 heterocycles. The van der Waals surface area contributed by atoms with Crippen LogP contribution >= 0.6 is 0 Å². The van der Waals surface area contributed by atoms with Gasteiger partial charge < -0.3 is 55.0 Å². The van der Waals surface area contributed by atoms with E-state index in [4.69, 9.17) is 11.5 Å². The summed E-state index contributed by atoms with van der Waals surface area (Å²) in [6.45, 7) is 8.26. The SMILES string of the molecule is CCCCc1cc(C)ccc1C([NH-])=O.CCCCc1cc(C)ccc1C([NH-])=O.[Br-].[Br-].[Zr+4]. The second-order valence-electron chi connectivity index (χ2n) is 7.19. The first kappa shape index (κ1) is 34.8. The molecule has 31 heavy (non-hydrogen) atoms. The Morgan fingerprint density at radius 2 is 1.03 bits per heavy atom. The van der Waals surface area contributed by atoms with Gasteiger partial charge in [0, 0.05) is 11.1 Å². The Balaban J connectivity index is -0.000000461. The van der Waals surface area contributed by atoms with Crippen molar-refractivity contribution in [2.24, 2.45) is 0 Å². The van der Waals surface area contributed by atoms with Crippen LogP contribution in [-0.4, -0.2) is 11.8 Å². The summed E-state index contributed by atoms with van der Waals surface area (Å²) in [7, 11) is 0. The second kappa shape index (κ2) is 18.8. The Bertz CT molecular complexity index is 747. The van der Waals surface area contributed by atoms with Crippen LogP contribution in [0.4, 0.5) is 0 Å². The fourth-order valence-electron chi connectivity index (χ4n) is 3.04. The number of rotatable bonds is 8. The molecule has 0 aliphatic heterocycles. The molecule has 2 N–H and O–H groups in total. The summed E-state index contributed by atoms with van der Waals surface area (Å²) in [5, 5.41) is 0. The van der Waals surface area contributed by atoms with Gasteiger partial charge in [0.25, 0.3) is 0 Å². The van der Waals surface area contributed by atoms with E-state index in [1.54, 1.807) is 12.1 Å². The van der Waals surface area contributed by atoms with Gasteiger partial charge in [0.15, 0.2) is 0 Å². The van der Waals surface area contributed by atoms with Crippen molar-refractivity contribution in [2.45, 2.75) is 66.2 Å². The van der Waals surface area contributed by atoms with Crippen molar-refractivity contribution in [3.05, 3.63) is 81.2 Å². The van der Waals surface area contributed by atoms with Gasteiger partial charge in [-0.1, -0.05) is 74.2 Å². The second-order valence-corrected chi connectivity index (χ2v) is 7.19. The quantitative estimate of drug-likeness (QED) is 0.437. The van der Waals surface area contributed by atoms with Gasteiger partial charge in [-0.05, 0) is 50.7 Å². The minimum Gasteiger partial charge on any atom is -1.00 e. The molecule has 4 nitrogen and oxygen atoms in total. The summed E-state index contributed by atoms with van der Waals surface area (Å²) in [5.41, 5.74) is 19.7. The monoisotopic (exact) mass is 628 g/mol. The van der Waals surface area contributed by atoms with Gasteiger partial charge in [-0.25, -0.2) is 0 Å². The van der Waals surface area contributed by atoms with E-state index >= 15 is 0 Å². The molecule has 0 saturated carbocycles. The van der Waals surface area contributed by atoms with Crippen molar-refractivity contribution < 1.29 is 69.8 Å². The molecule has 0 unspecified atom stereocenters. The minimum atomic E-state index is -0.573. The summed E-state index contributed by atoms with van der Waals surface area (Å²) in [6.07, 6.45) is 6.17. The predicted molar refractivity (Wildman–Crippen MR) is 117 cm³/mol. The third kappa shape index (κ3) is 12.7. The molecule has 0 saturated heterocycles. The summed E-state index contributed by atoms with van der Waals surface area (Å²) in [5.74, 6) is -1.15. The molecule has 2 aromatic rings. The van der Waals surface area contributed by atoms with Crippen molar-refractivity contribution in [1.82, 2.24) is 0 Å². The maximum absolute atomic E-state index is 11.0. The van der Waals surface area contributed by atoms with Crippen LogP contribution in [0, 0.1) is 13.8 Å². The number of unbranched alkanes of at least 4 members (excludes halogenated alkanes) is 2. The maximum atomic E-state index is 11.0. The number of hydrogen-bond donors (Lipinski definition) is 0. The predicted octanol–water partition coefficient (Wildman–Crippen LogP) is 1.07. The molecule has 0 bridgehead atoms. The van der Waals surface area contributed by atoms with E-state index in [-0.39, 0.29) is 60.2 Å². The van der Waals surface area contributed by atoms with E-state index in [1.165, 1.54) is 0 Å². The van der Waals surface area contributed by atoms with Crippen molar-refractivity contribution in [3.8, 4) is 0 Å². The molecule has 2 aromatic carbocycles. The molecule has 2 rings (SSSR count). The van der Waals surface area contributed by atoms with Crippen LogP contribution in [0.3, 0.4) is 0 Å². The molecule has 0 aromatic heterocycles. The van der Waals surface area contributed by atoms with Crippen LogP contribution in [0.25, 0.3) is 11.5 Å². The van der Waals surface area contributed by atoms with Gasteiger partial charge in [0.1, 0.15) is 0 Å². The van der Waals surface area contributed by atoms with Crippen molar-refractivity contribution in [1.29, 1.82) is 0 Å². The van der Waals surface area contributed by atoms with Crippen LogP contribution < -0.4 is 34.0 Å². The summed E-state index contributed by atoms with van der Waals surface area (Å²) < 4.78 is 0. The van der Waals surface area contributed by atoms with Crippen LogP contribution in [0.1, 0.15) is 82.5 Å². The average Bonchev–Trinajstić information content (AvgIpc) is 2.64. The number of benzene rings is 2. The van der Waals surface area contributed by atoms with E-state index < -0.39 is 11.8 Å². The zero-order valence-electron chi connectivity index (χ0n) is 18.8. The van der Waals surface area contributed by atoms with Gasteiger partial charge in [-0.15, -0.1) is 0 Å². The van der Waals surface area contributed by atoms with E-state index in [9.17, 15) is 9.59 Å². The average molecular weight is 632 g/mol. The summed E-state index contributed by atoms with van der Waals surface area (Å²) in [6, 6.07) is 11.3. The van der Waals surface area contributed by atoms with E-state index in [0.717, 1.165) is 60.8 Å². The third-order valence-electron chi connectivity index (χ3n) is 4.61. The van der Waals surface area contributed by atoms with Crippen molar-refractivity contribution >= 4 is 11.8 Å². The summed E-state index contributed by atoms with van der Waals surface area (Å²) in [4.78, 5) is 22.0. The maximum Gasteiger partial charge on any atom is 4.00 e. The van der Waals surface area contributed by atoms with E-state index in [0.29, 0.717) is 11.1 Å². The Labute approximate surface area is 227 Å². The van der Waals surface area contributed by atoms with Crippen molar-refractivity contribution in [3.63, 3.8) is 0 Å². The first-order valence-electron chi connectivity index (χ1n) is 10.0. The van der Waals surface area contributed by atoms with Gasteiger partial charge in [-0.2, -0.15) is 0 Å². The standard InChI is InChI=1S/2C12H17NO.2BrH.Zr/c2*1-3-4-5-10-8-9(2)6-7-11(10)12(13)14;;;/h2*6-8H,3-5H2,1-2H3,(H2,13,14);2*1H;/q;;;;+4/p-4. The molecule has 0 fully saturated rings. The number of halogens is 2. The van der Waals surface area contributed by atoms with Crippen LogP contribution in [0.15, 0.2) is 36.4 Å². The normalized spacial score (nSPS) is 9.16. The number of hydrogen-bond acceptors (Lipinski definition) is 2. The molecular weight excluding hydrogens is 599 g/mol. The Kier molecular flexibility index (Phi) is 21.1. The minimum absolute atomic E-state index is 0.